The summed E-state index contributed by atoms with van der Waals surface area (Å²) in [5.41, 5.74) is 0.180. The van der Waals surface area contributed by atoms with Crippen LogP contribution >= 0.6 is 0 Å². The van der Waals surface area contributed by atoms with E-state index < -0.39 is 5.97 Å². The SMILES string of the molecule is CCOc1c(OC2CCCC2)cc(C(=O)O)cc1OC1CCCC1. The highest BCUT2D eigenvalue weighted by Crippen LogP contribution is 2.42. The van der Waals surface area contributed by atoms with Crippen LogP contribution in [0, 0.1) is 0 Å². The second-order valence-corrected chi connectivity index (χ2v) is 6.59. The predicted octanol–water partition coefficient (Wildman–Crippen LogP) is 4.43. The van der Waals surface area contributed by atoms with Gasteiger partial charge in [-0.25, -0.2) is 4.79 Å². The molecule has 0 atom stereocenters. The molecule has 2 saturated carbocycles. The fourth-order valence-electron chi connectivity index (χ4n) is 3.53. The van der Waals surface area contributed by atoms with Crippen molar-refractivity contribution >= 4 is 5.97 Å². The molecule has 2 fully saturated rings. The van der Waals surface area contributed by atoms with Crippen molar-refractivity contribution in [1.29, 1.82) is 0 Å². The predicted molar refractivity (Wildman–Crippen MR) is 90.3 cm³/mol. The Morgan fingerprint density at radius 3 is 1.83 bits per heavy atom. The van der Waals surface area contributed by atoms with Gasteiger partial charge in [0, 0.05) is 0 Å². The molecule has 0 spiro atoms. The smallest absolute Gasteiger partial charge is 0.335 e. The summed E-state index contributed by atoms with van der Waals surface area (Å²) in [4.78, 5) is 11.5. The summed E-state index contributed by atoms with van der Waals surface area (Å²) in [6.07, 6.45) is 8.88. The lowest BCUT2D eigenvalue weighted by Crippen LogP contribution is -2.16. The van der Waals surface area contributed by atoms with Gasteiger partial charge in [0.1, 0.15) is 0 Å². The molecule has 1 aromatic rings. The fourth-order valence-corrected chi connectivity index (χ4v) is 3.53. The van der Waals surface area contributed by atoms with Crippen LogP contribution in [-0.4, -0.2) is 29.9 Å². The third kappa shape index (κ3) is 3.94. The van der Waals surface area contributed by atoms with Crippen molar-refractivity contribution in [1.82, 2.24) is 0 Å². The Kier molecular flexibility index (Phi) is 5.48. The Balaban J connectivity index is 1.92. The van der Waals surface area contributed by atoms with E-state index >= 15 is 0 Å². The molecule has 5 heteroatoms. The number of ether oxygens (including phenoxy) is 3. The first-order chi connectivity index (χ1) is 11.7. The molecule has 0 bridgehead atoms. The number of carbonyl (C=O) groups is 1. The second kappa shape index (κ2) is 7.77. The van der Waals surface area contributed by atoms with Crippen molar-refractivity contribution in [2.45, 2.75) is 70.5 Å². The van der Waals surface area contributed by atoms with Gasteiger partial charge in [-0.05, 0) is 70.4 Å². The summed E-state index contributed by atoms with van der Waals surface area (Å²) in [5, 5.41) is 9.42. The van der Waals surface area contributed by atoms with E-state index in [0.29, 0.717) is 23.9 Å². The maximum atomic E-state index is 11.5. The molecule has 0 saturated heterocycles. The molecule has 3 rings (SSSR count). The zero-order valence-electron chi connectivity index (χ0n) is 14.3. The molecule has 1 aromatic carbocycles. The number of hydrogen-bond acceptors (Lipinski definition) is 4. The molecular formula is C19H26O5. The minimum atomic E-state index is -0.981. The average Bonchev–Trinajstić information content (AvgIpc) is 3.23. The van der Waals surface area contributed by atoms with Gasteiger partial charge in [0.25, 0.3) is 0 Å². The van der Waals surface area contributed by atoms with Crippen LogP contribution in [0.3, 0.4) is 0 Å². The Morgan fingerprint density at radius 1 is 1.00 bits per heavy atom. The first kappa shape index (κ1) is 16.9. The number of aromatic carboxylic acids is 1. The zero-order chi connectivity index (χ0) is 16.9. The van der Waals surface area contributed by atoms with Crippen molar-refractivity contribution in [3.05, 3.63) is 17.7 Å². The maximum absolute atomic E-state index is 11.5. The Labute approximate surface area is 142 Å². The summed E-state index contributed by atoms with van der Waals surface area (Å²) < 4.78 is 18.0. The lowest BCUT2D eigenvalue weighted by atomic mass is 10.1. The number of hydrogen-bond donors (Lipinski definition) is 1. The van der Waals surface area contributed by atoms with Gasteiger partial charge >= 0.3 is 5.97 Å². The first-order valence-electron chi connectivity index (χ1n) is 9.04. The van der Waals surface area contributed by atoms with Gasteiger partial charge in [-0.3, -0.25) is 0 Å². The molecule has 0 radical (unpaired) electrons. The molecule has 5 nitrogen and oxygen atoms in total. The average molecular weight is 334 g/mol. The van der Waals surface area contributed by atoms with Crippen molar-refractivity contribution in [3.63, 3.8) is 0 Å². The van der Waals surface area contributed by atoms with E-state index in [1.165, 1.54) is 0 Å². The number of benzene rings is 1. The Hall–Kier alpha value is -1.91. The molecule has 0 aliphatic heterocycles. The van der Waals surface area contributed by atoms with Crippen LogP contribution in [0.1, 0.15) is 68.6 Å². The molecule has 0 unspecified atom stereocenters. The van der Waals surface area contributed by atoms with E-state index in [2.05, 4.69) is 0 Å². The van der Waals surface area contributed by atoms with Crippen LogP contribution < -0.4 is 14.2 Å². The van der Waals surface area contributed by atoms with Gasteiger partial charge in [0.2, 0.25) is 5.75 Å². The molecule has 2 aliphatic carbocycles. The van der Waals surface area contributed by atoms with Crippen molar-refractivity contribution in [2.75, 3.05) is 6.61 Å². The summed E-state index contributed by atoms with van der Waals surface area (Å²) in [7, 11) is 0. The van der Waals surface area contributed by atoms with Crippen LogP contribution in [0.2, 0.25) is 0 Å². The molecule has 0 heterocycles. The van der Waals surface area contributed by atoms with Gasteiger partial charge in [-0.2, -0.15) is 0 Å². The van der Waals surface area contributed by atoms with Crippen LogP contribution in [0.25, 0.3) is 0 Å². The molecule has 132 valence electrons. The molecule has 0 aromatic heterocycles. The molecule has 24 heavy (non-hydrogen) atoms. The van der Waals surface area contributed by atoms with Gasteiger partial charge in [0.05, 0.1) is 24.4 Å². The Bertz CT molecular complexity index is 532. The zero-order valence-corrected chi connectivity index (χ0v) is 14.3. The van der Waals surface area contributed by atoms with E-state index in [4.69, 9.17) is 14.2 Å². The van der Waals surface area contributed by atoms with Gasteiger partial charge < -0.3 is 19.3 Å². The summed E-state index contributed by atoms with van der Waals surface area (Å²) in [6.45, 7) is 2.39. The van der Waals surface area contributed by atoms with Crippen molar-refractivity contribution in [2.24, 2.45) is 0 Å². The van der Waals surface area contributed by atoms with Crippen LogP contribution in [0.5, 0.6) is 17.2 Å². The third-order valence-corrected chi connectivity index (χ3v) is 4.75. The molecule has 0 amide bonds. The van der Waals surface area contributed by atoms with Gasteiger partial charge in [-0.1, -0.05) is 0 Å². The monoisotopic (exact) mass is 334 g/mol. The second-order valence-electron chi connectivity index (χ2n) is 6.59. The number of rotatable bonds is 7. The minimum absolute atomic E-state index is 0.132. The fraction of sp³-hybridized carbons (Fsp3) is 0.632. The largest absolute Gasteiger partial charge is 0.487 e. The normalized spacial score (nSPS) is 18.7. The van der Waals surface area contributed by atoms with E-state index in [1.54, 1.807) is 12.1 Å². The highest BCUT2D eigenvalue weighted by molar-refractivity contribution is 5.89. The summed E-state index contributed by atoms with van der Waals surface area (Å²) in [5.74, 6) is 0.556. The lowest BCUT2D eigenvalue weighted by Gasteiger charge is -2.22. The van der Waals surface area contributed by atoms with E-state index in [1.807, 2.05) is 6.92 Å². The molecule has 1 N–H and O–H groups in total. The summed E-state index contributed by atoms with van der Waals surface area (Å²) in [6, 6.07) is 3.13. The maximum Gasteiger partial charge on any atom is 0.335 e. The van der Waals surface area contributed by atoms with Crippen LogP contribution in [0.15, 0.2) is 12.1 Å². The van der Waals surface area contributed by atoms with E-state index in [9.17, 15) is 9.90 Å². The van der Waals surface area contributed by atoms with Crippen molar-refractivity contribution < 1.29 is 24.1 Å². The lowest BCUT2D eigenvalue weighted by molar-refractivity contribution is 0.0694. The summed E-state index contributed by atoms with van der Waals surface area (Å²) >= 11 is 0. The van der Waals surface area contributed by atoms with E-state index in [-0.39, 0.29) is 17.8 Å². The van der Waals surface area contributed by atoms with Crippen LogP contribution in [0.4, 0.5) is 0 Å². The Morgan fingerprint density at radius 2 is 1.46 bits per heavy atom. The topological polar surface area (TPSA) is 65.0 Å². The molecule has 2 aliphatic rings. The quantitative estimate of drug-likeness (QED) is 0.799. The highest BCUT2D eigenvalue weighted by Gasteiger charge is 2.25. The molecular weight excluding hydrogens is 308 g/mol. The van der Waals surface area contributed by atoms with Crippen LogP contribution in [-0.2, 0) is 0 Å². The van der Waals surface area contributed by atoms with Gasteiger partial charge in [-0.15, -0.1) is 0 Å². The first-order valence-corrected chi connectivity index (χ1v) is 9.04. The van der Waals surface area contributed by atoms with Crippen molar-refractivity contribution in [3.8, 4) is 17.2 Å². The number of carboxylic acids is 1. The van der Waals surface area contributed by atoms with E-state index in [0.717, 1.165) is 51.4 Å². The van der Waals surface area contributed by atoms with Gasteiger partial charge in [0.15, 0.2) is 11.5 Å². The standard InChI is InChI=1S/C19H26O5/c1-2-22-18-16(23-14-7-3-4-8-14)11-13(19(20)21)12-17(18)24-15-9-5-6-10-15/h11-12,14-15H,2-10H2,1H3,(H,20,21). The highest BCUT2D eigenvalue weighted by atomic mass is 16.5. The minimum Gasteiger partial charge on any atom is -0.487 e. The number of carboxylic acid groups (broad SMARTS) is 1. The third-order valence-electron chi connectivity index (χ3n) is 4.75.